The summed E-state index contributed by atoms with van der Waals surface area (Å²) in [5.41, 5.74) is 0.0800. The van der Waals surface area contributed by atoms with E-state index in [0.29, 0.717) is 6.07 Å². The fourth-order valence-corrected chi connectivity index (χ4v) is 1.87. The van der Waals surface area contributed by atoms with Gasteiger partial charge in [0.2, 0.25) is 0 Å². The van der Waals surface area contributed by atoms with Crippen LogP contribution in [0.3, 0.4) is 0 Å². The number of aryl methyl sites for hydroxylation is 1. The first-order valence-corrected chi connectivity index (χ1v) is 6.59. The van der Waals surface area contributed by atoms with E-state index >= 15 is 0 Å². The number of rotatable bonds is 2. The van der Waals surface area contributed by atoms with E-state index < -0.39 is 27.2 Å². The number of alkyl halides is 3. The van der Waals surface area contributed by atoms with Crippen molar-refractivity contribution >= 4 is 32.6 Å². The summed E-state index contributed by atoms with van der Waals surface area (Å²) in [5, 5.41) is 4.11. The van der Waals surface area contributed by atoms with Crippen LogP contribution < -0.4 is 9.88 Å². The first kappa shape index (κ1) is 14.4. The van der Waals surface area contributed by atoms with Crippen molar-refractivity contribution in [2.24, 2.45) is 5.14 Å². The van der Waals surface area contributed by atoms with Gasteiger partial charge in [-0.25, -0.2) is 18.5 Å². The van der Waals surface area contributed by atoms with Crippen molar-refractivity contribution < 1.29 is 26.3 Å². The number of sulfonamides is 1. The minimum Gasteiger partial charge on any atom is -0.404 e. The maximum absolute atomic E-state index is 12.1. The summed E-state index contributed by atoms with van der Waals surface area (Å²) in [4.78, 5) is 3.57. The number of halogens is 4. The van der Waals surface area contributed by atoms with Gasteiger partial charge in [-0.05, 0) is 29.5 Å². The standard InChI is InChI=1S/C7H6F3IN2O3S/c1-3-6(11)4(16-7(8,9)10)2-5(13-3)17(12,14)15/h2H,1H3,(H2,12,14,15). The molecular formula is C7H6F3IN2O3S. The van der Waals surface area contributed by atoms with Gasteiger partial charge in [-0.2, -0.15) is 0 Å². The Labute approximate surface area is 108 Å². The van der Waals surface area contributed by atoms with Gasteiger partial charge in [0.15, 0.2) is 5.03 Å². The van der Waals surface area contributed by atoms with E-state index in [1.165, 1.54) is 6.92 Å². The lowest BCUT2D eigenvalue weighted by molar-refractivity contribution is -0.275. The van der Waals surface area contributed by atoms with Crippen molar-refractivity contribution in [1.82, 2.24) is 4.98 Å². The number of hydrogen-bond donors (Lipinski definition) is 1. The quantitative estimate of drug-likeness (QED) is 0.787. The normalized spacial score (nSPS) is 12.6. The van der Waals surface area contributed by atoms with Gasteiger partial charge < -0.3 is 4.74 Å². The van der Waals surface area contributed by atoms with Crippen LogP contribution in [0, 0.1) is 10.5 Å². The Morgan fingerprint density at radius 2 is 2.00 bits per heavy atom. The first-order valence-electron chi connectivity index (χ1n) is 3.96. The summed E-state index contributed by atoms with van der Waals surface area (Å²) in [7, 11) is -4.18. The predicted molar refractivity (Wildman–Crippen MR) is 59.7 cm³/mol. The van der Waals surface area contributed by atoms with Crippen LogP contribution in [0.15, 0.2) is 11.1 Å². The van der Waals surface area contributed by atoms with Crippen LogP contribution in [0.5, 0.6) is 5.75 Å². The summed E-state index contributed by atoms with van der Waals surface area (Å²) < 4.78 is 61.9. The molecule has 0 unspecified atom stereocenters. The highest BCUT2D eigenvalue weighted by Gasteiger charge is 2.33. The van der Waals surface area contributed by atoms with E-state index in [-0.39, 0.29) is 9.26 Å². The minimum atomic E-state index is -4.91. The van der Waals surface area contributed by atoms with Crippen LogP contribution in [0.2, 0.25) is 0 Å². The van der Waals surface area contributed by atoms with Gasteiger partial charge >= 0.3 is 6.36 Å². The number of ether oxygens (including phenoxy) is 1. The Balaban J connectivity index is 3.36. The van der Waals surface area contributed by atoms with Gasteiger partial charge in [0.05, 0.1) is 9.26 Å². The third kappa shape index (κ3) is 3.96. The molecule has 0 amide bonds. The molecule has 0 spiro atoms. The van der Waals surface area contributed by atoms with Gasteiger partial charge in [-0.15, -0.1) is 13.2 Å². The Bertz CT molecular complexity index is 544. The van der Waals surface area contributed by atoms with E-state index in [2.05, 4.69) is 9.72 Å². The van der Waals surface area contributed by atoms with Crippen LogP contribution >= 0.6 is 22.6 Å². The number of nitrogens with two attached hydrogens (primary N) is 1. The molecule has 0 saturated heterocycles. The summed E-state index contributed by atoms with van der Waals surface area (Å²) in [6.07, 6.45) is -4.91. The van der Waals surface area contributed by atoms with Gasteiger partial charge in [0.1, 0.15) is 5.75 Å². The molecule has 10 heteroatoms. The average molecular weight is 382 g/mol. The molecule has 17 heavy (non-hydrogen) atoms. The van der Waals surface area contributed by atoms with Gasteiger partial charge in [0.25, 0.3) is 10.0 Å². The molecule has 0 aliphatic carbocycles. The fraction of sp³-hybridized carbons (Fsp3) is 0.286. The maximum Gasteiger partial charge on any atom is 0.573 e. The Hall–Kier alpha value is -0.620. The van der Waals surface area contributed by atoms with Crippen molar-refractivity contribution in [2.75, 3.05) is 0 Å². The smallest absolute Gasteiger partial charge is 0.404 e. The number of aromatic nitrogens is 1. The van der Waals surface area contributed by atoms with Crippen LogP contribution in [-0.2, 0) is 10.0 Å². The molecule has 0 atom stereocenters. The maximum atomic E-state index is 12.1. The highest BCUT2D eigenvalue weighted by molar-refractivity contribution is 14.1. The van der Waals surface area contributed by atoms with Gasteiger partial charge in [0, 0.05) is 6.07 Å². The van der Waals surface area contributed by atoms with Crippen molar-refractivity contribution in [2.45, 2.75) is 18.3 Å². The van der Waals surface area contributed by atoms with Gasteiger partial charge in [-0.1, -0.05) is 0 Å². The van der Waals surface area contributed by atoms with Crippen molar-refractivity contribution in [3.05, 3.63) is 15.3 Å². The van der Waals surface area contributed by atoms with Crippen LogP contribution in [0.4, 0.5) is 13.2 Å². The fourth-order valence-electron chi connectivity index (χ4n) is 0.945. The zero-order chi connectivity index (χ0) is 13.4. The molecule has 0 bridgehead atoms. The highest BCUT2D eigenvalue weighted by atomic mass is 127. The number of hydrogen-bond acceptors (Lipinski definition) is 4. The second-order valence-electron chi connectivity index (χ2n) is 2.95. The van der Waals surface area contributed by atoms with E-state index in [1.807, 2.05) is 0 Å². The molecule has 96 valence electrons. The molecule has 0 aliphatic heterocycles. The number of pyridine rings is 1. The van der Waals surface area contributed by atoms with Crippen molar-refractivity contribution in [3.63, 3.8) is 0 Å². The zero-order valence-corrected chi connectivity index (χ0v) is 11.2. The second-order valence-corrected chi connectivity index (χ2v) is 5.54. The Morgan fingerprint density at radius 1 is 1.47 bits per heavy atom. The van der Waals surface area contributed by atoms with Crippen molar-refractivity contribution in [1.29, 1.82) is 0 Å². The van der Waals surface area contributed by atoms with E-state index in [0.717, 1.165) is 0 Å². The topological polar surface area (TPSA) is 82.3 Å². The lowest BCUT2D eigenvalue weighted by Gasteiger charge is -2.12. The Kier molecular flexibility index (Phi) is 3.88. The van der Waals surface area contributed by atoms with E-state index in [1.54, 1.807) is 22.6 Å². The van der Waals surface area contributed by atoms with Crippen LogP contribution in [0.1, 0.15) is 5.69 Å². The van der Waals surface area contributed by atoms with Gasteiger partial charge in [-0.3, -0.25) is 0 Å². The molecular weight excluding hydrogens is 376 g/mol. The third-order valence-corrected chi connectivity index (χ3v) is 3.69. The summed E-state index contributed by atoms with van der Waals surface area (Å²) in [6, 6.07) is 0.637. The lowest BCUT2D eigenvalue weighted by Crippen LogP contribution is -2.20. The second kappa shape index (κ2) is 4.57. The minimum absolute atomic E-state index is 0.0623. The monoisotopic (exact) mass is 382 g/mol. The molecule has 0 fully saturated rings. The third-order valence-electron chi connectivity index (χ3n) is 1.58. The number of nitrogens with zero attached hydrogens (tertiary/aromatic N) is 1. The largest absolute Gasteiger partial charge is 0.573 e. The molecule has 1 rings (SSSR count). The SMILES string of the molecule is Cc1nc(S(N)(=O)=O)cc(OC(F)(F)F)c1I. The molecule has 0 aromatic carbocycles. The summed E-state index contributed by atoms with van der Waals surface area (Å²) in [6.45, 7) is 1.35. The lowest BCUT2D eigenvalue weighted by atomic mass is 10.3. The van der Waals surface area contributed by atoms with Crippen molar-refractivity contribution in [3.8, 4) is 5.75 Å². The molecule has 0 saturated carbocycles. The molecule has 2 N–H and O–H groups in total. The van der Waals surface area contributed by atoms with Crippen LogP contribution in [0.25, 0.3) is 0 Å². The average Bonchev–Trinajstić information content (AvgIpc) is 2.08. The molecule has 0 aliphatic rings. The molecule has 1 heterocycles. The van der Waals surface area contributed by atoms with Crippen LogP contribution in [-0.4, -0.2) is 19.8 Å². The summed E-state index contributed by atoms with van der Waals surface area (Å²) >= 11 is 1.57. The zero-order valence-electron chi connectivity index (χ0n) is 8.25. The first-order chi connectivity index (χ1) is 7.50. The molecule has 1 aromatic rings. The molecule has 0 radical (unpaired) electrons. The molecule has 5 nitrogen and oxygen atoms in total. The van der Waals surface area contributed by atoms with E-state index in [4.69, 9.17) is 5.14 Å². The number of primary sulfonamides is 1. The van der Waals surface area contributed by atoms with E-state index in [9.17, 15) is 21.6 Å². The Morgan fingerprint density at radius 3 is 2.41 bits per heavy atom. The highest BCUT2D eigenvalue weighted by Crippen LogP contribution is 2.30. The predicted octanol–water partition coefficient (Wildman–Crippen LogP) is 1.54. The molecule has 1 aromatic heterocycles. The summed E-state index contributed by atoms with van der Waals surface area (Å²) in [5.74, 6) is -0.644.